The van der Waals surface area contributed by atoms with Gasteiger partial charge < -0.3 is 15.2 Å². The van der Waals surface area contributed by atoms with Gasteiger partial charge in [0.15, 0.2) is 11.6 Å². The molecule has 5 rings (SSSR count). The van der Waals surface area contributed by atoms with Crippen LogP contribution in [0, 0.1) is 11.7 Å². The molecular formula is C27H30FN5O2. The molecule has 0 spiro atoms. The number of hydrogen-bond donors (Lipinski definition) is 4. The van der Waals surface area contributed by atoms with E-state index in [4.69, 9.17) is 4.98 Å². The van der Waals surface area contributed by atoms with Crippen LogP contribution in [0.25, 0.3) is 39.1 Å². The standard InChI is InChI=1S/C27H30FN5O2/c1-3-17-11-19(35)6-7-20(17)21-8-9-22-25(24(21)28)31-32-26(22)27-29-12-23(30-27)18-5-4-10-33(14-18)13-16(2)15-34/h5-9,11-12,16,34-35H,3-4,10,13-15H2,1-2H3,(H,29,30)(H,31,32)/t16-/m1/s1. The molecule has 2 aromatic carbocycles. The summed E-state index contributed by atoms with van der Waals surface area (Å²) in [5.74, 6) is 0.606. The van der Waals surface area contributed by atoms with Gasteiger partial charge in [0, 0.05) is 43.4 Å². The Bertz CT molecular complexity index is 1390. The zero-order valence-corrected chi connectivity index (χ0v) is 20.0. The Morgan fingerprint density at radius 2 is 2.03 bits per heavy atom. The fraction of sp³-hybridized carbons (Fsp3) is 0.333. The molecule has 1 atom stereocenters. The molecule has 4 aromatic rings. The van der Waals surface area contributed by atoms with Crippen molar-refractivity contribution in [2.24, 2.45) is 5.92 Å². The van der Waals surface area contributed by atoms with Crippen LogP contribution >= 0.6 is 0 Å². The number of fused-ring (bicyclic) bond motifs is 1. The summed E-state index contributed by atoms with van der Waals surface area (Å²) in [5.41, 5.74) is 4.98. The van der Waals surface area contributed by atoms with Gasteiger partial charge in [0.1, 0.15) is 17.0 Å². The average Bonchev–Trinajstić information content (AvgIpc) is 3.52. The second-order valence-corrected chi connectivity index (χ2v) is 9.29. The normalized spacial score (nSPS) is 15.5. The number of aromatic nitrogens is 4. The van der Waals surface area contributed by atoms with E-state index >= 15 is 4.39 Å². The van der Waals surface area contributed by atoms with Crippen LogP contribution in [0.15, 0.2) is 42.6 Å². The lowest BCUT2D eigenvalue weighted by molar-refractivity contribution is 0.182. The van der Waals surface area contributed by atoms with E-state index in [0.717, 1.165) is 48.4 Å². The van der Waals surface area contributed by atoms with Crippen molar-refractivity contribution in [3.8, 4) is 28.4 Å². The molecule has 0 bridgehead atoms. The van der Waals surface area contributed by atoms with Crippen molar-refractivity contribution in [3.05, 3.63) is 59.7 Å². The van der Waals surface area contributed by atoms with E-state index in [2.05, 4.69) is 26.2 Å². The van der Waals surface area contributed by atoms with Gasteiger partial charge in [-0.2, -0.15) is 5.10 Å². The number of rotatable bonds is 7. The molecule has 1 aliphatic rings. The summed E-state index contributed by atoms with van der Waals surface area (Å²) in [6, 6.07) is 8.62. The van der Waals surface area contributed by atoms with Crippen molar-refractivity contribution in [3.63, 3.8) is 0 Å². The van der Waals surface area contributed by atoms with Crippen molar-refractivity contribution in [2.45, 2.75) is 26.7 Å². The number of nitrogens with one attached hydrogen (secondary N) is 2. The summed E-state index contributed by atoms with van der Waals surface area (Å²) in [6.45, 7) is 6.79. The molecule has 2 aromatic heterocycles. The summed E-state index contributed by atoms with van der Waals surface area (Å²) >= 11 is 0. The Hall–Kier alpha value is -3.49. The first kappa shape index (κ1) is 23.3. The molecule has 0 saturated heterocycles. The number of aryl methyl sites for hydroxylation is 1. The Morgan fingerprint density at radius 3 is 2.83 bits per heavy atom. The van der Waals surface area contributed by atoms with Crippen LogP contribution in [-0.2, 0) is 6.42 Å². The lowest BCUT2D eigenvalue weighted by atomic mass is 9.96. The SMILES string of the molecule is CCc1cc(O)ccc1-c1ccc2c(-c3nc(C4=CCCN(C[C@@H](C)CO)C4)c[nH]3)n[nH]c2c1F. The number of imidazole rings is 1. The Morgan fingerprint density at radius 1 is 1.20 bits per heavy atom. The van der Waals surface area contributed by atoms with Crippen molar-refractivity contribution in [2.75, 3.05) is 26.2 Å². The summed E-state index contributed by atoms with van der Waals surface area (Å²) < 4.78 is 15.6. The van der Waals surface area contributed by atoms with Gasteiger partial charge in [0.25, 0.3) is 0 Å². The number of benzene rings is 2. The van der Waals surface area contributed by atoms with Crippen molar-refractivity contribution >= 4 is 16.5 Å². The third-order valence-electron chi connectivity index (χ3n) is 6.68. The molecule has 0 radical (unpaired) electrons. The fourth-order valence-electron chi connectivity index (χ4n) is 4.83. The molecule has 0 amide bonds. The lowest BCUT2D eigenvalue weighted by Gasteiger charge is -2.28. The monoisotopic (exact) mass is 475 g/mol. The maximum absolute atomic E-state index is 15.6. The molecule has 35 heavy (non-hydrogen) atoms. The third kappa shape index (κ3) is 4.47. The molecule has 3 heterocycles. The highest BCUT2D eigenvalue weighted by Crippen LogP contribution is 2.35. The van der Waals surface area contributed by atoms with Crippen LogP contribution in [0.3, 0.4) is 0 Å². The molecule has 0 unspecified atom stereocenters. The second kappa shape index (κ2) is 9.64. The number of aliphatic hydroxyl groups is 1. The Kier molecular flexibility index (Phi) is 6.40. The molecule has 7 nitrogen and oxygen atoms in total. The number of phenolic OH excluding ortho intramolecular Hbond substituents is 1. The number of phenols is 1. The van der Waals surface area contributed by atoms with E-state index in [1.807, 2.05) is 26.1 Å². The molecule has 0 saturated carbocycles. The van der Waals surface area contributed by atoms with E-state index in [-0.39, 0.29) is 24.1 Å². The van der Waals surface area contributed by atoms with Gasteiger partial charge in [-0.1, -0.05) is 32.1 Å². The number of aromatic hydroxyl groups is 1. The predicted molar refractivity (Wildman–Crippen MR) is 135 cm³/mol. The number of H-pyrrole nitrogens is 2. The van der Waals surface area contributed by atoms with Crippen LogP contribution in [0.5, 0.6) is 5.75 Å². The smallest absolute Gasteiger partial charge is 0.159 e. The maximum Gasteiger partial charge on any atom is 0.159 e. The van der Waals surface area contributed by atoms with Gasteiger partial charge in [-0.3, -0.25) is 10.00 Å². The molecule has 8 heteroatoms. The van der Waals surface area contributed by atoms with Gasteiger partial charge in [0.05, 0.1) is 5.69 Å². The zero-order chi connectivity index (χ0) is 24.5. The molecule has 182 valence electrons. The van der Waals surface area contributed by atoms with Crippen molar-refractivity contribution in [1.29, 1.82) is 0 Å². The molecule has 1 aliphatic heterocycles. The highest BCUT2D eigenvalue weighted by atomic mass is 19.1. The quantitative estimate of drug-likeness (QED) is 0.309. The summed E-state index contributed by atoms with van der Waals surface area (Å²) in [4.78, 5) is 10.3. The van der Waals surface area contributed by atoms with Crippen LogP contribution in [-0.4, -0.2) is 61.5 Å². The summed E-state index contributed by atoms with van der Waals surface area (Å²) in [6.07, 6.45) is 5.69. The number of hydrogen-bond acceptors (Lipinski definition) is 5. The fourth-order valence-corrected chi connectivity index (χ4v) is 4.83. The first-order valence-electron chi connectivity index (χ1n) is 12.1. The van der Waals surface area contributed by atoms with E-state index in [9.17, 15) is 10.2 Å². The van der Waals surface area contributed by atoms with Gasteiger partial charge in [-0.25, -0.2) is 9.37 Å². The Balaban J connectivity index is 1.44. The molecule has 4 N–H and O–H groups in total. The second-order valence-electron chi connectivity index (χ2n) is 9.29. The van der Waals surface area contributed by atoms with Gasteiger partial charge in [0.2, 0.25) is 0 Å². The minimum atomic E-state index is -0.378. The first-order valence-corrected chi connectivity index (χ1v) is 12.1. The van der Waals surface area contributed by atoms with Gasteiger partial charge >= 0.3 is 0 Å². The minimum absolute atomic E-state index is 0.170. The van der Waals surface area contributed by atoms with Gasteiger partial charge in [-0.05, 0) is 53.7 Å². The summed E-state index contributed by atoms with van der Waals surface area (Å²) in [7, 11) is 0. The third-order valence-corrected chi connectivity index (χ3v) is 6.68. The predicted octanol–water partition coefficient (Wildman–Crippen LogP) is 4.74. The van der Waals surface area contributed by atoms with E-state index < -0.39 is 0 Å². The zero-order valence-electron chi connectivity index (χ0n) is 20.0. The molecule has 0 aliphatic carbocycles. The largest absolute Gasteiger partial charge is 0.508 e. The highest BCUT2D eigenvalue weighted by molar-refractivity contribution is 5.95. The lowest BCUT2D eigenvalue weighted by Crippen LogP contribution is -2.34. The van der Waals surface area contributed by atoms with Crippen molar-refractivity contribution < 1.29 is 14.6 Å². The average molecular weight is 476 g/mol. The van der Waals surface area contributed by atoms with E-state index in [0.29, 0.717) is 34.4 Å². The maximum atomic E-state index is 15.6. The topological polar surface area (TPSA) is 101 Å². The van der Waals surface area contributed by atoms with E-state index in [1.54, 1.807) is 24.3 Å². The van der Waals surface area contributed by atoms with E-state index in [1.165, 1.54) is 0 Å². The highest BCUT2D eigenvalue weighted by Gasteiger charge is 2.21. The number of nitrogens with zero attached hydrogens (tertiary/aromatic N) is 3. The molecular weight excluding hydrogens is 445 g/mol. The van der Waals surface area contributed by atoms with Gasteiger partial charge in [-0.15, -0.1) is 0 Å². The first-order chi connectivity index (χ1) is 17.0. The Labute approximate surface area is 203 Å². The van der Waals surface area contributed by atoms with Crippen LogP contribution in [0.2, 0.25) is 0 Å². The van der Waals surface area contributed by atoms with Crippen molar-refractivity contribution in [1.82, 2.24) is 25.1 Å². The van der Waals surface area contributed by atoms with Crippen LogP contribution in [0.1, 0.15) is 31.5 Å². The van der Waals surface area contributed by atoms with Crippen LogP contribution in [0.4, 0.5) is 4.39 Å². The number of aliphatic hydroxyl groups excluding tert-OH is 1. The van der Waals surface area contributed by atoms with Crippen LogP contribution < -0.4 is 0 Å². The summed E-state index contributed by atoms with van der Waals surface area (Å²) in [5, 5.41) is 27.1. The number of halogens is 1. The number of aromatic amines is 2. The molecule has 0 fully saturated rings. The minimum Gasteiger partial charge on any atom is -0.508 e.